The van der Waals surface area contributed by atoms with Crippen LogP contribution in [0.25, 0.3) is 15.9 Å². The molecule has 2 aromatic heterocycles. The van der Waals surface area contributed by atoms with E-state index in [0.29, 0.717) is 0 Å². The summed E-state index contributed by atoms with van der Waals surface area (Å²) in [6.45, 7) is 8.44. The maximum absolute atomic E-state index is 13.6. The zero-order valence-electron chi connectivity index (χ0n) is 15.3. The minimum atomic E-state index is -0.207. The van der Waals surface area contributed by atoms with Crippen molar-refractivity contribution in [2.75, 3.05) is 0 Å². The topological polar surface area (TPSA) is 34.9 Å². The van der Waals surface area contributed by atoms with Crippen LogP contribution in [0, 0.1) is 6.92 Å². The Bertz CT molecular complexity index is 1020. The van der Waals surface area contributed by atoms with E-state index in [1.54, 1.807) is 11.3 Å². The van der Waals surface area contributed by atoms with E-state index in [0.717, 1.165) is 40.1 Å². The highest BCUT2D eigenvalue weighted by molar-refractivity contribution is 7.18. The summed E-state index contributed by atoms with van der Waals surface area (Å²) in [4.78, 5) is 20.9. The van der Waals surface area contributed by atoms with Crippen molar-refractivity contribution in [3.63, 3.8) is 0 Å². The Hall–Kier alpha value is -1.94. The lowest BCUT2D eigenvalue weighted by molar-refractivity contribution is 0.526. The fourth-order valence-corrected chi connectivity index (χ4v) is 4.97. The SMILES string of the molecule is Cc1cccc(-n2c(C(C)(C)C)nc3sc4c(c3c2=O)CCCC4)c1. The lowest BCUT2D eigenvalue weighted by Crippen LogP contribution is -2.30. The van der Waals surface area contributed by atoms with Crippen molar-refractivity contribution >= 4 is 21.6 Å². The van der Waals surface area contributed by atoms with Crippen molar-refractivity contribution in [3.05, 3.63) is 56.4 Å². The van der Waals surface area contributed by atoms with Gasteiger partial charge >= 0.3 is 0 Å². The second kappa shape index (κ2) is 5.80. The molecule has 1 aromatic carbocycles. The normalized spacial score (nSPS) is 14.7. The number of aryl methyl sites for hydroxylation is 3. The number of thiophene rings is 1. The maximum Gasteiger partial charge on any atom is 0.267 e. The predicted octanol–water partition coefficient (Wildman–Crippen LogP) is 4.93. The molecule has 4 rings (SSSR count). The van der Waals surface area contributed by atoms with Crippen molar-refractivity contribution in [2.45, 2.75) is 58.8 Å². The van der Waals surface area contributed by atoms with Crippen LogP contribution >= 0.6 is 11.3 Å². The van der Waals surface area contributed by atoms with Gasteiger partial charge in [0.1, 0.15) is 10.7 Å². The van der Waals surface area contributed by atoms with E-state index < -0.39 is 0 Å². The Kier molecular flexibility index (Phi) is 3.84. The summed E-state index contributed by atoms with van der Waals surface area (Å²) in [6, 6.07) is 8.15. The molecule has 0 aliphatic heterocycles. The standard InChI is InChI=1S/C21H24N2OS/c1-13-8-7-9-14(12-13)23-19(24)17-15-10-5-6-11-16(15)25-18(17)22-20(23)21(2,3)4/h7-9,12H,5-6,10-11H2,1-4H3. The summed E-state index contributed by atoms with van der Waals surface area (Å²) in [6.07, 6.45) is 4.49. The van der Waals surface area contributed by atoms with Crippen LogP contribution < -0.4 is 5.56 Å². The zero-order valence-corrected chi connectivity index (χ0v) is 16.2. The van der Waals surface area contributed by atoms with Crippen LogP contribution in [0.2, 0.25) is 0 Å². The molecule has 3 aromatic rings. The molecule has 2 heterocycles. The van der Waals surface area contributed by atoms with E-state index in [1.165, 1.54) is 23.3 Å². The molecule has 4 heteroatoms. The van der Waals surface area contributed by atoms with Gasteiger partial charge in [0, 0.05) is 10.3 Å². The van der Waals surface area contributed by atoms with E-state index in [-0.39, 0.29) is 11.0 Å². The molecule has 25 heavy (non-hydrogen) atoms. The van der Waals surface area contributed by atoms with Crippen LogP contribution in [-0.2, 0) is 18.3 Å². The van der Waals surface area contributed by atoms with E-state index in [4.69, 9.17) is 4.98 Å². The number of nitrogens with zero attached hydrogens (tertiary/aromatic N) is 2. The molecule has 0 atom stereocenters. The number of fused-ring (bicyclic) bond motifs is 3. The number of benzene rings is 1. The van der Waals surface area contributed by atoms with Crippen LogP contribution in [0.4, 0.5) is 0 Å². The lowest BCUT2D eigenvalue weighted by atomic mass is 9.94. The van der Waals surface area contributed by atoms with Crippen molar-refractivity contribution in [3.8, 4) is 5.69 Å². The van der Waals surface area contributed by atoms with Crippen molar-refractivity contribution in [2.24, 2.45) is 0 Å². The van der Waals surface area contributed by atoms with Gasteiger partial charge in [-0.25, -0.2) is 4.98 Å². The second-order valence-corrected chi connectivity index (χ2v) is 9.14. The summed E-state index contributed by atoms with van der Waals surface area (Å²) in [5, 5.41) is 0.856. The Balaban J connectivity index is 2.12. The fourth-order valence-electron chi connectivity index (χ4n) is 3.71. The van der Waals surface area contributed by atoms with E-state index >= 15 is 0 Å². The first-order valence-corrected chi connectivity index (χ1v) is 9.83. The van der Waals surface area contributed by atoms with E-state index in [2.05, 4.69) is 39.8 Å². The maximum atomic E-state index is 13.6. The highest BCUT2D eigenvalue weighted by Gasteiger charge is 2.27. The van der Waals surface area contributed by atoms with Gasteiger partial charge in [0.25, 0.3) is 5.56 Å². The number of hydrogen-bond donors (Lipinski definition) is 0. The monoisotopic (exact) mass is 352 g/mol. The predicted molar refractivity (Wildman–Crippen MR) is 105 cm³/mol. The van der Waals surface area contributed by atoms with Gasteiger partial charge in [-0.3, -0.25) is 9.36 Å². The van der Waals surface area contributed by atoms with E-state index in [1.807, 2.05) is 16.7 Å². The molecule has 0 amide bonds. The molecule has 0 unspecified atom stereocenters. The summed E-state index contributed by atoms with van der Waals surface area (Å²) in [7, 11) is 0. The summed E-state index contributed by atoms with van der Waals surface area (Å²) < 4.78 is 1.84. The second-order valence-electron chi connectivity index (χ2n) is 8.06. The first kappa shape index (κ1) is 16.5. The average molecular weight is 353 g/mol. The quantitative estimate of drug-likeness (QED) is 0.622. The molecular weight excluding hydrogens is 328 g/mol. The van der Waals surface area contributed by atoms with E-state index in [9.17, 15) is 4.79 Å². The Labute approximate surface area is 152 Å². The smallest absolute Gasteiger partial charge is 0.267 e. The summed E-state index contributed by atoms with van der Waals surface area (Å²) in [5.74, 6) is 0.842. The summed E-state index contributed by atoms with van der Waals surface area (Å²) >= 11 is 1.73. The number of rotatable bonds is 1. The molecule has 0 N–H and O–H groups in total. The Morgan fingerprint density at radius 3 is 2.64 bits per heavy atom. The molecule has 0 saturated carbocycles. The van der Waals surface area contributed by atoms with Gasteiger partial charge in [-0.2, -0.15) is 0 Å². The molecule has 0 fully saturated rings. The van der Waals surface area contributed by atoms with Gasteiger partial charge < -0.3 is 0 Å². The lowest BCUT2D eigenvalue weighted by Gasteiger charge is -2.23. The molecular formula is C21H24N2OS. The molecule has 1 aliphatic carbocycles. The van der Waals surface area contributed by atoms with Gasteiger partial charge in [0.15, 0.2) is 0 Å². The van der Waals surface area contributed by atoms with Crippen molar-refractivity contribution < 1.29 is 0 Å². The number of hydrogen-bond acceptors (Lipinski definition) is 3. The van der Waals surface area contributed by atoms with Gasteiger partial charge in [0.2, 0.25) is 0 Å². The molecule has 130 valence electrons. The Morgan fingerprint density at radius 1 is 1.16 bits per heavy atom. The third-order valence-corrected chi connectivity index (χ3v) is 6.11. The Morgan fingerprint density at radius 2 is 1.92 bits per heavy atom. The third kappa shape index (κ3) is 2.73. The van der Waals surface area contributed by atoms with Crippen molar-refractivity contribution in [1.29, 1.82) is 0 Å². The molecule has 1 aliphatic rings. The molecule has 0 bridgehead atoms. The van der Waals surface area contributed by atoms with Crippen LogP contribution in [0.5, 0.6) is 0 Å². The van der Waals surface area contributed by atoms with Gasteiger partial charge in [-0.05, 0) is 55.9 Å². The highest BCUT2D eigenvalue weighted by Crippen LogP contribution is 2.35. The van der Waals surface area contributed by atoms with Crippen LogP contribution in [0.3, 0.4) is 0 Å². The average Bonchev–Trinajstić information content (AvgIpc) is 2.92. The minimum Gasteiger partial charge on any atom is -0.268 e. The minimum absolute atomic E-state index is 0.0972. The number of aromatic nitrogens is 2. The van der Waals surface area contributed by atoms with Gasteiger partial charge in [-0.1, -0.05) is 32.9 Å². The molecule has 3 nitrogen and oxygen atoms in total. The van der Waals surface area contributed by atoms with Gasteiger partial charge in [0.05, 0.1) is 11.1 Å². The first-order valence-electron chi connectivity index (χ1n) is 9.01. The summed E-state index contributed by atoms with van der Waals surface area (Å²) in [5.41, 5.74) is 3.21. The van der Waals surface area contributed by atoms with Crippen LogP contribution in [0.1, 0.15) is 55.4 Å². The highest BCUT2D eigenvalue weighted by atomic mass is 32.1. The largest absolute Gasteiger partial charge is 0.268 e. The third-order valence-electron chi connectivity index (χ3n) is 4.92. The fraction of sp³-hybridized carbons (Fsp3) is 0.429. The van der Waals surface area contributed by atoms with Crippen LogP contribution in [-0.4, -0.2) is 9.55 Å². The molecule has 0 spiro atoms. The molecule has 0 saturated heterocycles. The van der Waals surface area contributed by atoms with Gasteiger partial charge in [-0.15, -0.1) is 11.3 Å². The van der Waals surface area contributed by atoms with Crippen molar-refractivity contribution in [1.82, 2.24) is 9.55 Å². The van der Waals surface area contributed by atoms with Crippen LogP contribution in [0.15, 0.2) is 29.1 Å². The zero-order chi connectivity index (χ0) is 17.8. The molecule has 0 radical (unpaired) electrons. The first-order chi connectivity index (χ1) is 11.9.